The fourth-order valence-corrected chi connectivity index (χ4v) is 2.18. The lowest BCUT2D eigenvalue weighted by molar-refractivity contribution is 0.0932. The molecule has 0 aliphatic heterocycles. The first-order valence-corrected chi connectivity index (χ1v) is 7.72. The summed E-state index contributed by atoms with van der Waals surface area (Å²) in [6.07, 6.45) is 3.45. The van der Waals surface area contributed by atoms with Gasteiger partial charge < -0.3 is 20.0 Å². The maximum atomic E-state index is 12.0. The highest BCUT2D eigenvalue weighted by atomic mass is 16.3. The van der Waals surface area contributed by atoms with Crippen molar-refractivity contribution in [2.45, 2.75) is 46.2 Å². The molecule has 0 saturated heterocycles. The van der Waals surface area contributed by atoms with Crippen LogP contribution in [0.1, 0.15) is 50.0 Å². The van der Waals surface area contributed by atoms with Gasteiger partial charge in [-0.25, -0.2) is 4.98 Å². The lowest BCUT2D eigenvalue weighted by Gasteiger charge is -2.19. The van der Waals surface area contributed by atoms with E-state index in [0.717, 1.165) is 32.5 Å². The third-order valence-electron chi connectivity index (χ3n) is 3.50. The molecule has 6 nitrogen and oxygen atoms in total. The number of nitrogens with zero attached hydrogens (tertiary/aromatic N) is 2. The molecular formula is C15H28N4O2. The van der Waals surface area contributed by atoms with E-state index < -0.39 is 0 Å². The molecule has 0 spiro atoms. The first-order valence-electron chi connectivity index (χ1n) is 7.72. The molecule has 0 aliphatic rings. The molecule has 0 bridgehead atoms. The molecular weight excluding hydrogens is 268 g/mol. The van der Waals surface area contributed by atoms with E-state index in [-0.39, 0.29) is 11.9 Å². The van der Waals surface area contributed by atoms with Gasteiger partial charge in [0, 0.05) is 6.04 Å². The van der Waals surface area contributed by atoms with Crippen molar-refractivity contribution in [1.82, 2.24) is 20.5 Å². The average Bonchev–Trinajstić information content (AvgIpc) is 2.93. The number of rotatable bonds is 10. The smallest absolute Gasteiger partial charge is 0.273 e. The van der Waals surface area contributed by atoms with Crippen molar-refractivity contribution in [3.8, 4) is 0 Å². The van der Waals surface area contributed by atoms with Gasteiger partial charge in [-0.3, -0.25) is 4.79 Å². The molecule has 2 N–H and O–H groups in total. The topological polar surface area (TPSA) is 70.4 Å². The fourth-order valence-electron chi connectivity index (χ4n) is 2.18. The average molecular weight is 296 g/mol. The largest absolute Gasteiger partial charge is 0.447 e. The quantitative estimate of drug-likeness (QED) is 0.687. The van der Waals surface area contributed by atoms with Crippen LogP contribution in [0.15, 0.2) is 10.7 Å². The highest BCUT2D eigenvalue weighted by Crippen LogP contribution is 2.04. The van der Waals surface area contributed by atoms with E-state index in [9.17, 15) is 4.79 Å². The van der Waals surface area contributed by atoms with Crippen molar-refractivity contribution in [1.29, 1.82) is 0 Å². The third kappa shape index (κ3) is 6.27. The van der Waals surface area contributed by atoms with Crippen LogP contribution in [-0.4, -0.2) is 48.5 Å². The maximum absolute atomic E-state index is 12.0. The Kier molecular flexibility index (Phi) is 8.00. The van der Waals surface area contributed by atoms with Crippen LogP contribution in [0.3, 0.4) is 0 Å². The highest BCUT2D eigenvalue weighted by Gasteiger charge is 2.14. The Morgan fingerprint density at radius 2 is 2.14 bits per heavy atom. The molecule has 1 rings (SSSR count). The fraction of sp³-hybridized carbons (Fsp3) is 0.733. The minimum atomic E-state index is -0.170. The number of oxazole rings is 1. The lowest BCUT2D eigenvalue weighted by Crippen LogP contribution is -2.34. The Balaban J connectivity index is 2.32. The van der Waals surface area contributed by atoms with Gasteiger partial charge in [-0.2, -0.15) is 0 Å². The second-order valence-corrected chi connectivity index (χ2v) is 5.20. The second-order valence-electron chi connectivity index (χ2n) is 5.20. The van der Waals surface area contributed by atoms with Gasteiger partial charge in [0.2, 0.25) is 5.89 Å². The Hall–Kier alpha value is -1.40. The van der Waals surface area contributed by atoms with Crippen molar-refractivity contribution in [3.63, 3.8) is 0 Å². The monoisotopic (exact) mass is 296 g/mol. The number of hydrogen-bond donors (Lipinski definition) is 2. The minimum Gasteiger partial charge on any atom is -0.447 e. The summed E-state index contributed by atoms with van der Waals surface area (Å²) in [5.74, 6) is 0.355. The van der Waals surface area contributed by atoms with Crippen LogP contribution in [0.25, 0.3) is 0 Å². The molecule has 1 amide bonds. The Morgan fingerprint density at radius 1 is 1.43 bits per heavy atom. The molecule has 1 heterocycles. The van der Waals surface area contributed by atoms with E-state index >= 15 is 0 Å². The van der Waals surface area contributed by atoms with Crippen LogP contribution >= 0.6 is 0 Å². The number of amides is 1. The molecule has 1 aromatic rings. The Bertz CT molecular complexity index is 416. The van der Waals surface area contributed by atoms with Crippen LogP contribution in [0.5, 0.6) is 0 Å². The van der Waals surface area contributed by atoms with Gasteiger partial charge in [0.1, 0.15) is 6.26 Å². The van der Waals surface area contributed by atoms with Crippen LogP contribution in [0.2, 0.25) is 0 Å². The van der Waals surface area contributed by atoms with E-state index in [1.165, 1.54) is 6.26 Å². The van der Waals surface area contributed by atoms with Crippen molar-refractivity contribution >= 4 is 5.91 Å². The summed E-state index contributed by atoms with van der Waals surface area (Å²) in [5, 5.41) is 5.89. The van der Waals surface area contributed by atoms with Crippen LogP contribution in [0.4, 0.5) is 0 Å². The van der Waals surface area contributed by atoms with E-state index in [4.69, 9.17) is 4.42 Å². The molecule has 1 unspecified atom stereocenters. The molecule has 0 saturated carbocycles. The molecule has 0 fully saturated rings. The molecule has 0 aliphatic carbocycles. The summed E-state index contributed by atoms with van der Waals surface area (Å²) >= 11 is 0. The molecule has 120 valence electrons. The normalized spacial score (nSPS) is 12.6. The van der Waals surface area contributed by atoms with Gasteiger partial charge in [-0.1, -0.05) is 13.8 Å². The van der Waals surface area contributed by atoms with E-state index in [1.54, 1.807) is 0 Å². The molecule has 6 heteroatoms. The first kappa shape index (κ1) is 17.7. The van der Waals surface area contributed by atoms with Crippen molar-refractivity contribution < 1.29 is 9.21 Å². The van der Waals surface area contributed by atoms with Gasteiger partial charge in [0.25, 0.3) is 5.91 Å². The van der Waals surface area contributed by atoms with Crippen LogP contribution in [0, 0.1) is 0 Å². The summed E-state index contributed by atoms with van der Waals surface area (Å²) in [6.45, 7) is 10.1. The highest BCUT2D eigenvalue weighted by molar-refractivity contribution is 5.92. The lowest BCUT2D eigenvalue weighted by atomic mass is 10.1. The SMILES string of the molecule is CCN(CC)CCCC(C)NC(=O)c1coc(CNC)n1. The van der Waals surface area contributed by atoms with E-state index in [2.05, 4.69) is 34.4 Å². The standard InChI is InChI=1S/C15H28N4O2/c1-5-19(6-2)9-7-8-12(3)17-15(20)13-11-21-14(18-13)10-16-4/h11-12,16H,5-10H2,1-4H3,(H,17,20). The predicted molar refractivity (Wildman–Crippen MR) is 83.2 cm³/mol. The van der Waals surface area contributed by atoms with Gasteiger partial charge in [0.05, 0.1) is 6.54 Å². The van der Waals surface area contributed by atoms with Crippen LogP contribution in [-0.2, 0) is 6.54 Å². The number of aromatic nitrogens is 1. The van der Waals surface area contributed by atoms with Crippen molar-refractivity contribution in [2.75, 3.05) is 26.7 Å². The predicted octanol–water partition coefficient (Wildman–Crippen LogP) is 1.63. The second kappa shape index (κ2) is 9.52. The summed E-state index contributed by atoms with van der Waals surface area (Å²) < 4.78 is 5.21. The molecule has 21 heavy (non-hydrogen) atoms. The summed E-state index contributed by atoms with van der Waals surface area (Å²) in [7, 11) is 1.81. The third-order valence-corrected chi connectivity index (χ3v) is 3.50. The summed E-state index contributed by atoms with van der Waals surface area (Å²) in [5.41, 5.74) is 0.343. The Labute approximate surface area is 127 Å². The zero-order valence-corrected chi connectivity index (χ0v) is 13.6. The number of hydrogen-bond acceptors (Lipinski definition) is 5. The van der Waals surface area contributed by atoms with Gasteiger partial charge in [-0.05, 0) is 46.4 Å². The molecule has 1 aromatic heterocycles. The number of nitrogens with one attached hydrogen (secondary N) is 2. The summed E-state index contributed by atoms with van der Waals surface area (Å²) in [4.78, 5) is 18.5. The Morgan fingerprint density at radius 3 is 2.76 bits per heavy atom. The van der Waals surface area contributed by atoms with Gasteiger partial charge in [-0.15, -0.1) is 0 Å². The van der Waals surface area contributed by atoms with Crippen LogP contribution < -0.4 is 10.6 Å². The van der Waals surface area contributed by atoms with E-state index in [0.29, 0.717) is 18.1 Å². The molecule has 0 radical (unpaired) electrons. The van der Waals surface area contributed by atoms with Crippen molar-refractivity contribution in [2.24, 2.45) is 0 Å². The first-order chi connectivity index (χ1) is 10.1. The van der Waals surface area contributed by atoms with Gasteiger partial charge in [0.15, 0.2) is 5.69 Å². The number of carbonyl (C=O) groups is 1. The van der Waals surface area contributed by atoms with Crippen molar-refractivity contribution in [3.05, 3.63) is 17.8 Å². The summed E-state index contributed by atoms with van der Waals surface area (Å²) in [6, 6.07) is 0.137. The number of carbonyl (C=O) groups excluding carboxylic acids is 1. The molecule has 0 aromatic carbocycles. The van der Waals surface area contributed by atoms with E-state index in [1.807, 2.05) is 14.0 Å². The maximum Gasteiger partial charge on any atom is 0.273 e. The minimum absolute atomic E-state index is 0.137. The van der Waals surface area contributed by atoms with Gasteiger partial charge >= 0.3 is 0 Å². The zero-order chi connectivity index (χ0) is 15.7. The molecule has 1 atom stereocenters. The zero-order valence-electron chi connectivity index (χ0n) is 13.6.